The molecule has 2 rings (SSSR count). The molecule has 5 nitrogen and oxygen atoms in total. The quantitative estimate of drug-likeness (QED) is 0.868. The molecule has 1 aliphatic rings. The number of aliphatic hydroxyl groups excluding tert-OH is 1. The number of halogens is 2. The predicted molar refractivity (Wildman–Crippen MR) is 82.8 cm³/mol. The Balaban J connectivity index is 2.24. The van der Waals surface area contributed by atoms with Gasteiger partial charge in [-0.15, -0.1) is 0 Å². The van der Waals surface area contributed by atoms with E-state index in [2.05, 4.69) is 0 Å². The number of hydrogen-bond acceptors (Lipinski definition) is 4. The van der Waals surface area contributed by atoms with Gasteiger partial charge in [0.15, 0.2) is 0 Å². The Hall–Kier alpha value is -0.730. The lowest BCUT2D eigenvalue weighted by Gasteiger charge is -2.20. The lowest BCUT2D eigenvalue weighted by Crippen LogP contribution is -2.31. The van der Waals surface area contributed by atoms with Gasteiger partial charge in [-0.3, -0.25) is 0 Å². The molecule has 1 N–H and O–H groups in total. The van der Waals surface area contributed by atoms with Crippen molar-refractivity contribution >= 4 is 21.6 Å². The predicted octanol–water partition coefficient (Wildman–Crippen LogP) is 1.27. The maximum atomic E-state index is 13.2. The molecule has 1 aromatic rings. The third kappa shape index (κ3) is 3.60. The zero-order valence-corrected chi connectivity index (χ0v) is 14.1. The fourth-order valence-corrected chi connectivity index (χ4v) is 4.59. The van der Waals surface area contributed by atoms with E-state index in [0.717, 1.165) is 12.1 Å². The van der Waals surface area contributed by atoms with Crippen LogP contribution in [-0.2, 0) is 10.0 Å². The van der Waals surface area contributed by atoms with Crippen molar-refractivity contribution in [3.05, 3.63) is 29.0 Å². The second-order valence-electron chi connectivity index (χ2n) is 5.86. The lowest BCUT2D eigenvalue weighted by atomic mass is 9.97. The van der Waals surface area contributed by atoms with Crippen LogP contribution in [0.25, 0.3) is 0 Å². The van der Waals surface area contributed by atoms with Crippen molar-refractivity contribution in [1.82, 2.24) is 9.21 Å². The van der Waals surface area contributed by atoms with Crippen molar-refractivity contribution in [2.24, 2.45) is 11.8 Å². The fraction of sp³-hybridized carbons (Fsp3) is 0.571. The standard InChI is InChI=1S/C14H20ClFN2O3S/c1-17(2)6-10-7-18(8-11(10)9-19)22(20,21)12-3-4-14(16)13(15)5-12/h3-5,10-11,19H,6-9H2,1-2H3/t10-,11-/m1/s1. The van der Waals surface area contributed by atoms with Crippen LogP contribution in [0.1, 0.15) is 0 Å². The Morgan fingerprint density at radius 2 is 2.00 bits per heavy atom. The summed E-state index contributed by atoms with van der Waals surface area (Å²) in [5.41, 5.74) is 0. The molecule has 1 aromatic carbocycles. The summed E-state index contributed by atoms with van der Waals surface area (Å²) in [6.07, 6.45) is 0. The number of nitrogens with zero attached hydrogens (tertiary/aromatic N) is 2. The minimum absolute atomic E-state index is 0.0268. The first-order valence-corrected chi connectivity index (χ1v) is 8.78. The van der Waals surface area contributed by atoms with Crippen LogP contribution in [0.4, 0.5) is 4.39 Å². The van der Waals surface area contributed by atoms with Gasteiger partial charge < -0.3 is 10.0 Å². The molecule has 2 atom stereocenters. The molecule has 0 bridgehead atoms. The van der Waals surface area contributed by atoms with Crippen LogP contribution >= 0.6 is 11.6 Å². The van der Waals surface area contributed by atoms with Gasteiger partial charge in [-0.25, -0.2) is 12.8 Å². The van der Waals surface area contributed by atoms with E-state index in [4.69, 9.17) is 11.6 Å². The maximum absolute atomic E-state index is 13.2. The summed E-state index contributed by atoms with van der Waals surface area (Å²) in [6, 6.07) is 3.38. The Morgan fingerprint density at radius 3 is 2.55 bits per heavy atom. The minimum Gasteiger partial charge on any atom is -0.396 e. The summed E-state index contributed by atoms with van der Waals surface area (Å²) in [5, 5.41) is 9.25. The molecule has 0 saturated carbocycles. The number of aliphatic hydroxyl groups is 1. The van der Waals surface area contributed by atoms with Crippen LogP contribution in [0.5, 0.6) is 0 Å². The van der Waals surface area contributed by atoms with Crippen LogP contribution in [0.2, 0.25) is 5.02 Å². The van der Waals surface area contributed by atoms with Crippen molar-refractivity contribution in [3.63, 3.8) is 0 Å². The van der Waals surface area contributed by atoms with Gasteiger partial charge in [-0.2, -0.15) is 4.31 Å². The van der Waals surface area contributed by atoms with Crippen LogP contribution in [-0.4, -0.2) is 63.1 Å². The molecule has 0 aliphatic carbocycles. The van der Waals surface area contributed by atoms with Crippen molar-refractivity contribution in [2.45, 2.75) is 4.90 Å². The molecule has 1 fully saturated rings. The second-order valence-corrected chi connectivity index (χ2v) is 8.21. The number of benzene rings is 1. The van der Waals surface area contributed by atoms with E-state index in [1.807, 2.05) is 19.0 Å². The monoisotopic (exact) mass is 350 g/mol. The molecule has 8 heteroatoms. The van der Waals surface area contributed by atoms with Gasteiger partial charge in [0, 0.05) is 32.2 Å². The van der Waals surface area contributed by atoms with Crippen molar-refractivity contribution in [1.29, 1.82) is 0 Å². The van der Waals surface area contributed by atoms with Crippen molar-refractivity contribution in [3.8, 4) is 0 Å². The van der Waals surface area contributed by atoms with E-state index in [0.29, 0.717) is 13.1 Å². The molecule has 0 spiro atoms. The molecule has 0 unspecified atom stereocenters. The van der Waals surface area contributed by atoms with Crippen molar-refractivity contribution in [2.75, 3.05) is 40.3 Å². The van der Waals surface area contributed by atoms with Crippen molar-refractivity contribution < 1.29 is 17.9 Å². The second kappa shape index (κ2) is 6.80. The average Bonchev–Trinajstić information content (AvgIpc) is 2.84. The molecule has 1 aliphatic heterocycles. The van der Waals surface area contributed by atoms with Gasteiger partial charge in [0.2, 0.25) is 10.0 Å². The normalized spacial score (nSPS) is 23.4. The van der Waals surface area contributed by atoms with Gasteiger partial charge >= 0.3 is 0 Å². The molecule has 124 valence electrons. The highest BCUT2D eigenvalue weighted by molar-refractivity contribution is 7.89. The van der Waals surface area contributed by atoms with E-state index in [9.17, 15) is 17.9 Å². The highest BCUT2D eigenvalue weighted by Gasteiger charge is 2.39. The van der Waals surface area contributed by atoms with Crippen LogP contribution in [0.3, 0.4) is 0 Å². The van der Waals surface area contributed by atoms with E-state index in [-0.39, 0.29) is 34.9 Å². The Kier molecular flexibility index (Phi) is 5.45. The summed E-state index contributed by atoms with van der Waals surface area (Å²) >= 11 is 5.68. The molecule has 0 radical (unpaired) electrons. The molecule has 22 heavy (non-hydrogen) atoms. The number of hydrogen-bond donors (Lipinski definition) is 1. The van der Waals surface area contributed by atoms with E-state index < -0.39 is 15.8 Å². The maximum Gasteiger partial charge on any atom is 0.243 e. The first-order chi connectivity index (χ1) is 10.3. The summed E-state index contributed by atoms with van der Waals surface area (Å²) in [7, 11) is 0.0791. The van der Waals surface area contributed by atoms with E-state index >= 15 is 0 Å². The Bertz CT molecular complexity index is 639. The van der Waals surface area contributed by atoms with E-state index in [1.54, 1.807) is 0 Å². The zero-order chi connectivity index (χ0) is 16.5. The molecule has 0 amide bonds. The van der Waals surface area contributed by atoms with Crippen LogP contribution in [0, 0.1) is 17.7 Å². The summed E-state index contributed by atoms with van der Waals surface area (Å²) < 4.78 is 39.8. The minimum atomic E-state index is -3.74. The molecular weight excluding hydrogens is 331 g/mol. The smallest absolute Gasteiger partial charge is 0.243 e. The molecular formula is C14H20ClFN2O3S. The summed E-state index contributed by atoms with van der Waals surface area (Å²) in [5.74, 6) is -0.695. The molecule has 1 heterocycles. The summed E-state index contributed by atoms with van der Waals surface area (Å²) in [6.45, 7) is 1.23. The van der Waals surface area contributed by atoms with Gasteiger partial charge in [0.25, 0.3) is 0 Å². The van der Waals surface area contributed by atoms with Gasteiger partial charge in [0.05, 0.1) is 9.92 Å². The highest BCUT2D eigenvalue weighted by atomic mass is 35.5. The highest BCUT2D eigenvalue weighted by Crippen LogP contribution is 2.30. The van der Waals surface area contributed by atoms with Gasteiger partial charge in [0.1, 0.15) is 5.82 Å². The molecule has 1 saturated heterocycles. The first kappa shape index (κ1) is 17.6. The topological polar surface area (TPSA) is 60.9 Å². The third-order valence-corrected chi connectivity index (χ3v) is 6.02. The first-order valence-electron chi connectivity index (χ1n) is 6.96. The van der Waals surface area contributed by atoms with Crippen LogP contribution in [0.15, 0.2) is 23.1 Å². The largest absolute Gasteiger partial charge is 0.396 e. The number of rotatable bonds is 5. The van der Waals surface area contributed by atoms with Crippen LogP contribution < -0.4 is 0 Å². The average molecular weight is 351 g/mol. The Labute approximate surface area is 135 Å². The lowest BCUT2D eigenvalue weighted by molar-refractivity contribution is 0.185. The SMILES string of the molecule is CN(C)C[C@@H]1CN(S(=O)(=O)c2ccc(F)c(Cl)c2)C[C@@H]1CO. The van der Waals surface area contributed by atoms with Gasteiger partial charge in [-0.05, 0) is 38.2 Å². The van der Waals surface area contributed by atoms with Gasteiger partial charge in [-0.1, -0.05) is 11.6 Å². The molecule has 0 aromatic heterocycles. The fourth-order valence-electron chi connectivity index (χ4n) is 2.76. The van der Waals surface area contributed by atoms with E-state index in [1.165, 1.54) is 10.4 Å². The Morgan fingerprint density at radius 1 is 1.36 bits per heavy atom. The number of sulfonamides is 1. The third-order valence-electron chi connectivity index (χ3n) is 3.91. The zero-order valence-electron chi connectivity index (χ0n) is 12.5. The summed E-state index contributed by atoms with van der Waals surface area (Å²) in [4.78, 5) is 1.94.